The first kappa shape index (κ1) is 17.8. The summed E-state index contributed by atoms with van der Waals surface area (Å²) in [6.07, 6.45) is 18.1. The summed E-state index contributed by atoms with van der Waals surface area (Å²) >= 11 is -1.59. The highest BCUT2D eigenvalue weighted by Gasteiger charge is 1.93. The molecule has 0 saturated carbocycles. The highest BCUT2D eigenvalue weighted by Crippen LogP contribution is 2.07. The van der Waals surface area contributed by atoms with Crippen molar-refractivity contribution in [3.05, 3.63) is 12.2 Å². The van der Waals surface area contributed by atoms with E-state index in [1.807, 2.05) is 0 Å². The van der Waals surface area contributed by atoms with Crippen molar-refractivity contribution in [2.75, 3.05) is 5.75 Å². The second kappa shape index (κ2) is 14.9. The molecular weight excluding hydrogens is 244 g/mol. The van der Waals surface area contributed by atoms with Crippen molar-refractivity contribution < 1.29 is 8.76 Å². The minimum absolute atomic E-state index is 0.438. The normalized spacial score (nSPS) is 13.2. The molecule has 0 aliphatic heterocycles. The molecule has 0 amide bonds. The van der Waals surface area contributed by atoms with Crippen molar-refractivity contribution in [2.24, 2.45) is 0 Å². The van der Waals surface area contributed by atoms with Crippen LogP contribution in [0.4, 0.5) is 0 Å². The Morgan fingerprint density at radius 3 is 1.83 bits per heavy atom. The molecule has 18 heavy (non-hydrogen) atoms. The molecule has 0 heterocycles. The van der Waals surface area contributed by atoms with Gasteiger partial charge in [0.15, 0.2) is 11.1 Å². The monoisotopic (exact) mass is 274 g/mol. The topological polar surface area (TPSA) is 37.3 Å². The zero-order chi connectivity index (χ0) is 13.5. The van der Waals surface area contributed by atoms with Crippen LogP contribution in [0.5, 0.6) is 0 Å². The van der Waals surface area contributed by atoms with E-state index in [0.29, 0.717) is 5.75 Å². The van der Waals surface area contributed by atoms with Gasteiger partial charge in [0.05, 0.1) is 0 Å². The third-order valence-corrected chi connectivity index (χ3v) is 3.72. The van der Waals surface area contributed by atoms with Gasteiger partial charge >= 0.3 is 0 Å². The maximum Gasteiger partial charge on any atom is 0.152 e. The van der Waals surface area contributed by atoms with Crippen molar-refractivity contribution in [2.45, 2.75) is 77.6 Å². The molecular formula is C15H30O2S. The van der Waals surface area contributed by atoms with E-state index < -0.39 is 11.1 Å². The lowest BCUT2D eigenvalue weighted by molar-refractivity contribution is 0.557. The predicted molar refractivity (Wildman–Crippen MR) is 81.2 cm³/mol. The lowest BCUT2D eigenvalue weighted by atomic mass is 10.1. The van der Waals surface area contributed by atoms with E-state index in [4.69, 9.17) is 4.55 Å². The smallest absolute Gasteiger partial charge is 0.152 e. The molecule has 0 radical (unpaired) electrons. The molecule has 2 nitrogen and oxygen atoms in total. The van der Waals surface area contributed by atoms with Gasteiger partial charge in [-0.15, -0.1) is 0 Å². The van der Waals surface area contributed by atoms with Gasteiger partial charge in [0, 0.05) is 5.75 Å². The average molecular weight is 274 g/mol. The Labute approximate surface area is 116 Å². The van der Waals surface area contributed by atoms with Crippen molar-refractivity contribution in [1.82, 2.24) is 0 Å². The van der Waals surface area contributed by atoms with Crippen LogP contribution in [-0.4, -0.2) is 14.5 Å². The summed E-state index contributed by atoms with van der Waals surface area (Å²) in [5.74, 6) is 0.438. The van der Waals surface area contributed by atoms with Crippen molar-refractivity contribution in [3.63, 3.8) is 0 Å². The zero-order valence-corrected chi connectivity index (χ0v) is 12.7. The fraction of sp³-hybridized carbons (Fsp3) is 0.867. The second-order valence-corrected chi connectivity index (χ2v) is 5.95. The molecule has 108 valence electrons. The van der Waals surface area contributed by atoms with E-state index in [1.54, 1.807) is 0 Å². The van der Waals surface area contributed by atoms with Gasteiger partial charge in [0.25, 0.3) is 0 Å². The standard InChI is InChI=1S/C15H30O2S/c1-2-3-4-5-6-7-8-9-10-11-12-13-14-15-18(16)17/h8-9H,2-7,10-15H2,1H3,(H,16,17)/b9-8-. The number of rotatable bonds is 13. The van der Waals surface area contributed by atoms with Crippen LogP contribution >= 0.6 is 0 Å². The summed E-state index contributed by atoms with van der Waals surface area (Å²) < 4.78 is 19.0. The van der Waals surface area contributed by atoms with Crippen molar-refractivity contribution in [1.29, 1.82) is 0 Å². The van der Waals surface area contributed by atoms with Gasteiger partial charge in [-0.3, -0.25) is 0 Å². The minimum Gasteiger partial charge on any atom is -0.306 e. The van der Waals surface area contributed by atoms with Crippen molar-refractivity contribution >= 4 is 11.1 Å². The van der Waals surface area contributed by atoms with Crippen LogP contribution in [-0.2, 0) is 11.1 Å². The maximum absolute atomic E-state index is 10.4. The molecule has 0 saturated heterocycles. The Kier molecular flexibility index (Phi) is 14.8. The summed E-state index contributed by atoms with van der Waals surface area (Å²) in [4.78, 5) is 0. The molecule has 0 aromatic rings. The van der Waals surface area contributed by atoms with E-state index in [1.165, 1.54) is 51.4 Å². The van der Waals surface area contributed by atoms with E-state index in [2.05, 4.69) is 19.1 Å². The molecule has 0 bridgehead atoms. The molecule has 0 fully saturated rings. The molecule has 0 aliphatic rings. The van der Waals surface area contributed by atoms with Crippen LogP contribution < -0.4 is 0 Å². The second-order valence-electron chi connectivity index (χ2n) is 4.90. The Morgan fingerprint density at radius 2 is 1.33 bits per heavy atom. The van der Waals surface area contributed by atoms with Gasteiger partial charge in [0.2, 0.25) is 0 Å². The van der Waals surface area contributed by atoms with E-state index in [0.717, 1.165) is 19.3 Å². The lowest BCUT2D eigenvalue weighted by Gasteiger charge is -1.98. The Bertz CT molecular complexity index is 215. The van der Waals surface area contributed by atoms with Crippen LogP contribution in [0.3, 0.4) is 0 Å². The summed E-state index contributed by atoms with van der Waals surface area (Å²) in [7, 11) is 0. The molecule has 1 N–H and O–H groups in total. The molecule has 0 rings (SSSR count). The van der Waals surface area contributed by atoms with E-state index in [9.17, 15) is 4.21 Å². The zero-order valence-electron chi connectivity index (χ0n) is 11.9. The average Bonchev–Trinajstić information content (AvgIpc) is 2.34. The fourth-order valence-electron chi connectivity index (χ4n) is 1.94. The first-order chi connectivity index (χ1) is 8.77. The van der Waals surface area contributed by atoms with Gasteiger partial charge in [0.1, 0.15) is 0 Å². The van der Waals surface area contributed by atoms with Gasteiger partial charge in [-0.1, -0.05) is 57.6 Å². The fourth-order valence-corrected chi connectivity index (χ4v) is 2.39. The van der Waals surface area contributed by atoms with Gasteiger partial charge < -0.3 is 4.55 Å². The summed E-state index contributed by atoms with van der Waals surface area (Å²) in [5.41, 5.74) is 0. The van der Waals surface area contributed by atoms with Crippen LogP contribution in [0.15, 0.2) is 12.2 Å². The van der Waals surface area contributed by atoms with Crippen molar-refractivity contribution in [3.8, 4) is 0 Å². The Hall–Kier alpha value is -0.150. The minimum atomic E-state index is -1.59. The third kappa shape index (κ3) is 15.9. The van der Waals surface area contributed by atoms with Crippen LogP contribution in [0.25, 0.3) is 0 Å². The molecule has 0 aromatic heterocycles. The SMILES string of the molecule is CCCCCCC/C=C\CCCCCCS(=O)O. The summed E-state index contributed by atoms with van der Waals surface area (Å²) in [6, 6.07) is 0. The molecule has 0 aromatic carbocycles. The van der Waals surface area contributed by atoms with Gasteiger partial charge in [-0.2, -0.15) is 0 Å². The highest BCUT2D eigenvalue weighted by molar-refractivity contribution is 7.79. The first-order valence-corrected chi connectivity index (χ1v) is 8.77. The quantitative estimate of drug-likeness (QED) is 0.289. The van der Waals surface area contributed by atoms with Crippen LogP contribution in [0.1, 0.15) is 77.6 Å². The lowest BCUT2D eigenvalue weighted by Crippen LogP contribution is -1.93. The maximum atomic E-state index is 10.4. The number of hydrogen-bond donors (Lipinski definition) is 1. The Morgan fingerprint density at radius 1 is 0.833 bits per heavy atom. The molecule has 1 unspecified atom stereocenters. The number of unbranched alkanes of at least 4 members (excludes halogenated alkanes) is 9. The van der Waals surface area contributed by atoms with E-state index >= 15 is 0 Å². The van der Waals surface area contributed by atoms with Gasteiger partial charge in [-0.25, -0.2) is 4.21 Å². The summed E-state index contributed by atoms with van der Waals surface area (Å²) in [6.45, 7) is 2.25. The number of allylic oxidation sites excluding steroid dienone is 2. The van der Waals surface area contributed by atoms with Crippen LogP contribution in [0.2, 0.25) is 0 Å². The third-order valence-electron chi connectivity index (χ3n) is 3.08. The molecule has 0 aliphatic carbocycles. The Balaban J connectivity index is 3.06. The van der Waals surface area contributed by atoms with E-state index in [-0.39, 0.29) is 0 Å². The highest BCUT2D eigenvalue weighted by atomic mass is 32.2. The largest absolute Gasteiger partial charge is 0.306 e. The molecule has 3 heteroatoms. The van der Waals surface area contributed by atoms with Crippen LogP contribution in [0, 0.1) is 0 Å². The molecule has 1 atom stereocenters. The van der Waals surface area contributed by atoms with Gasteiger partial charge in [-0.05, 0) is 32.1 Å². The predicted octanol–water partition coefficient (Wildman–Crippen LogP) is 5.08. The molecule has 0 spiro atoms. The summed E-state index contributed by atoms with van der Waals surface area (Å²) in [5, 5.41) is 0. The first-order valence-electron chi connectivity index (χ1n) is 7.49. The number of hydrogen-bond acceptors (Lipinski definition) is 1.